The number of carbonyl (C=O) groups is 1. The first-order chi connectivity index (χ1) is 8.09. The maximum atomic E-state index is 11.0. The highest BCUT2D eigenvalue weighted by Gasteiger charge is 2.25. The molecule has 0 bridgehead atoms. The highest BCUT2D eigenvalue weighted by Crippen LogP contribution is 2.32. The lowest BCUT2D eigenvalue weighted by Crippen LogP contribution is -2.11. The van der Waals surface area contributed by atoms with Crippen molar-refractivity contribution in [1.29, 1.82) is 0 Å². The van der Waals surface area contributed by atoms with Gasteiger partial charge in [-0.05, 0) is 24.8 Å². The van der Waals surface area contributed by atoms with Crippen molar-refractivity contribution in [2.24, 2.45) is 5.92 Å². The van der Waals surface area contributed by atoms with Gasteiger partial charge >= 0.3 is 5.97 Å². The number of hydrogen-bond acceptors (Lipinski definition) is 4. The molecule has 1 aliphatic carbocycles. The van der Waals surface area contributed by atoms with Crippen molar-refractivity contribution in [3.8, 4) is 0 Å². The number of carboxylic acid groups (broad SMARTS) is 1. The van der Waals surface area contributed by atoms with Gasteiger partial charge in [0.2, 0.25) is 0 Å². The Morgan fingerprint density at radius 2 is 2.24 bits per heavy atom. The third-order valence-electron chi connectivity index (χ3n) is 2.73. The number of rotatable bonds is 5. The van der Waals surface area contributed by atoms with E-state index in [4.69, 9.17) is 5.11 Å². The number of carboxylic acids is 1. The lowest BCUT2D eigenvalue weighted by molar-refractivity contribution is -0.384. The Labute approximate surface area is 97.4 Å². The molecule has 0 aliphatic heterocycles. The fourth-order valence-electron chi connectivity index (χ4n) is 1.62. The van der Waals surface area contributed by atoms with Gasteiger partial charge in [-0.1, -0.05) is 6.07 Å². The van der Waals surface area contributed by atoms with Crippen LogP contribution >= 0.6 is 0 Å². The fraction of sp³-hybridized carbons (Fsp3) is 0.364. The molecule has 1 fully saturated rings. The Hall–Kier alpha value is -2.11. The molecule has 0 saturated heterocycles. The van der Waals surface area contributed by atoms with E-state index >= 15 is 0 Å². The number of nitrogens with zero attached hydrogens (tertiary/aromatic N) is 1. The van der Waals surface area contributed by atoms with E-state index < -0.39 is 10.9 Å². The van der Waals surface area contributed by atoms with Gasteiger partial charge in [0, 0.05) is 12.6 Å². The number of para-hydroxylation sites is 1. The highest BCUT2D eigenvalue weighted by atomic mass is 16.6. The first-order valence-corrected chi connectivity index (χ1v) is 5.34. The molecule has 2 rings (SSSR count). The normalized spacial score (nSPS) is 14.4. The minimum absolute atomic E-state index is 0.0557. The molecule has 0 heterocycles. The van der Waals surface area contributed by atoms with Gasteiger partial charge in [0.1, 0.15) is 5.69 Å². The van der Waals surface area contributed by atoms with Crippen LogP contribution in [-0.2, 0) is 0 Å². The lowest BCUT2D eigenvalue weighted by Gasteiger charge is -2.09. The van der Waals surface area contributed by atoms with Crippen LogP contribution in [0.4, 0.5) is 11.4 Å². The van der Waals surface area contributed by atoms with Crippen molar-refractivity contribution in [2.75, 3.05) is 11.9 Å². The number of anilines is 1. The number of nitrogens with one attached hydrogen (secondary N) is 1. The quantitative estimate of drug-likeness (QED) is 0.603. The monoisotopic (exact) mass is 236 g/mol. The van der Waals surface area contributed by atoms with Crippen LogP contribution in [0.1, 0.15) is 23.2 Å². The van der Waals surface area contributed by atoms with Crippen molar-refractivity contribution in [3.63, 3.8) is 0 Å². The average Bonchev–Trinajstić information content (AvgIpc) is 3.09. The zero-order chi connectivity index (χ0) is 12.4. The van der Waals surface area contributed by atoms with Crippen LogP contribution in [0.15, 0.2) is 18.2 Å². The van der Waals surface area contributed by atoms with Crippen molar-refractivity contribution < 1.29 is 14.8 Å². The summed E-state index contributed by atoms with van der Waals surface area (Å²) in [4.78, 5) is 21.3. The van der Waals surface area contributed by atoms with Gasteiger partial charge in [0.05, 0.1) is 10.5 Å². The lowest BCUT2D eigenvalue weighted by atomic mass is 10.1. The largest absolute Gasteiger partial charge is 0.478 e. The Morgan fingerprint density at radius 1 is 1.53 bits per heavy atom. The van der Waals surface area contributed by atoms with Crippen molar-refractivity contribution in [1.82, 2.24) is 0 Å². The second-order valence-electron chi connectivity index (χ2n) is 4.09. The van der Waals surface area contributed by atoms with Crippen LogP contribution in [-0.4, -0.2) is 22.5 Å². The first-order valence-electron chi connectivity index (χ1n) is 5.34. The van der Waals surface area contributed by atoms with Gasteiger partial charge in [-0.3, -0.25) is 10.1 Å². The SMILES string of the molecule is O=C(O)c1cccc([N+](=O)[O-])c1NCC1CC1. The molecule has 1 saturated carbocycles. The molecule has 0 amide bonds. The summed E-state index contributed by atoms with van der Waals surface area (Å²) in [7, 11) is 0. The molecule has 0 unspecified atom stereocenters. The van der Waals surface area contributed by atoms with Gasteiger partial charge < -0.3 is 10.4 Å². The first kappa shape index (κ1) is 11.4. The second kappa shape index (κ2) is 4.40. The van der Waals surface area contributed by atoms with E-state index in [-0.39, 0.29) is 16.9 Å². The van der Waals surface area contributed by atoms with E-state index in [1.54, 1.807) is 0 Å². The molecule has 0 atom stereocenters. The number of nitro groups is 1. The summed E-state index contributed by atoms with van der Waals surface area (Å²) in [6.07, 6.45) is 2.19. The molecular formula is C11H12N2O4. The molecule has 6 nitrogen and oxygen atoms in total. The van der Waals surface area contributed by atoms with Crippen LogP contribution in [0.5, 0.6) is 0 Å². The van der Waals surface area contributed by atoms with Crippen LogP contribution in [0, 0.1) is 16.0 Å². The summed E-state index contributed by atoms with van der Waals surface area (Å²) in [5.74, 6) is -0.650. The molecule has 1 aliphatic rings. The molecule has 17 heavy (non-hydrogen) atoms. The second-order valence-corrected chi connectivity index (χ2v) is 4.09. The number of hydrogen-bond donors (Lipinski definition) is 2. The van der Waals surface area contributed by atoms with Crippen molar-refractivity contribution in [2.45, 2.75) is 12.8 Å². The van der Waals surface area contributed by atoms with E-state index in [1.807, 2.05) is 0 Å². The number of nitro benzene ring substituents is 1. The molecule has 2 N–H and O–H groups in total. The maximum absolute atomic E-state index is 11.0. The van der Waals surface area contributed by atoms with Gasteiger partial charge in [-0.15, -0.1) is 0 Å². The zero-order valence-electron chi connectivity index (χ0n) is 9.05. The molecule has 0 radical (unpaired) electrons. The summed E-state index contributed by atoms with van der Waals surface area (Å²) in [5, 5.41) is 22.7. The molecular weight excluding hydrogens is 224 g/mol. The molecule has 0 aromatic heterocycles. The number of aromatic carboxylic acids is 1. The third kappa shape index (κ3) is 2.52. The van der Waals surface area contributed by atoms with Crippen molar-refractivity contribution in [3.05, 3.63) is 33.9 Å². The predicted octanol–water partition coefficient (Wildman–Crippen LogP) is 2.11. The Morgan fingerprint density at radius 3 is 2.76 bits per heavy atom. The van der Waals surface area contributed by atoms with Crippen LogP contribution < -0.4 is 5.32 Å². The molecule has 1 aromatic rings. The molecule has 6 heteroatoms. The van der Waals surface area contributed by atoms with Crippen LogP contribution in [0.25, 0.3) is 0 Å². The van der Waals surface area contributed by atoms with E-state index in [1.165, 1.54) is 18.2 Å². The summed E-state index contributed by atoms with van der Waals surface area (Å²) < 4.78 is 0. The Bertz CT molecular complexity index is 436. The summed E-state index contributed by atoms with van der Waals surface area (Å²) in [5.41, 5.74) is -0.137. The molecule has 0 spiro atoms. The average molecular weight is 236 g/mol. The topological polar surface area (TPSA) is 92.5 Å². The van der Waals surface area contributed by atoms with Crippen LogP contribution in [0.2, 0.25) is 0 Å². The Balaban J connectivity index is 2.33. The van der Waals surface area contributed by atoms with E-state index in [2.05, 4.69) is 5.32 Å². The van der Waals surface area contributed by atoms with Gasteiger partial charge in [-0.2, -0.15) is 0 Å². The smallest absolute Gasteiger partial charge is 0.338 e. The fourth-order valence-corrected chi connectivity index (χ4v) is 1.62. The maximum Gasteiger partial charge on any atom is 0.338 e. The summed E-state index contributed by atoms with van der Waals surface area (Å²) in [6.45, 7) is 0.588. The molecule has 90 valence electrons. The van der Waals surface area contributed by atoms with E-state index in [0.717, 1.165) is 12.8 Å². The minimum Gasteiger partial charge on any atom is -0.478 e. The van der Waals surface area contributed by atoms with E-state index in [9.17, 15) is 14.9 Å². The third-order valence-corrected chi connectivity index (χ3v) is 2.73. The van der Waals surface area contributed by atoms with Crippen molar-refractivity contribution >= 4 is 17.3 Å². The van der Waals surface area contributed by atoms with Gasteiger partial charge in [0.15, 0.2) is 0 Å². The Kier molecular flexibility index (Phi) is 2.95. The minimum atomic E-state index is -1.16. The summed E-state index contributed by atoms with van der Waals surface area (Å²) in [6, 6.07) is 4.05. The zero-order valence-corrected chi connectivity index (χ0v) is 9.05. The summed E-state index contributed by atoms with van der Waals surface area (Å²) >= 11 is 0. The van der Waals surface area contributed by atoms with Gasteiger partial charge in [0.25, 0.3) is 5.69 Å². The molecule has 1 aromatic carbocycles. The highest BCUT2D eigenvalue weighted by molar-refractivity contribution is 5.96. The van der Waals surface area contributed by atoms with Gasteiger partial charge in [-0.25, -0.2) is 4.79 Å². The number of benzene rings is 1. The standard InChI is InChI=1S/C11H12N2O4/c14-11(15)8-2-1-3-9(13(16)17)10(8)12-6-7-4-5-7/h1-3,7,12H,4-6H2,(H,14,15). The predicted molar refractivity (Wildman–Crippen MR) is 61.3 cm³/mol. The van der Waals surface area contributed by atoms with Crippen LogP contribution in [0.3, 0.4) is 0 Å². The van der Waals surface area contributed by atoms with E-state index in [0.29, 0.717) is 12.5 Å².